The molecule has 0 saturated heterocycles. The Morgan fingerprint density at radius 3 is 2.38 bits per heavy atom. The molecule has 0 N–H and O–H groups in total. The van der Waals surface area contributed by atoms with Gasteiger partial charge in [0, 0.05) is 6.42 Å². The fourth-order valence-electron chi connectivity index (χ4n) is 1.56. The van der Waals surface area contributed by atoms with Gasteiger partial charge < -0.3 is 0 Å². The second-order valence-corrected chi connectivity index (χ2v) is 3.72. The Bertz CT molecular complexity index is 394. The van der Waals surface area contributed by atoms with Crippen molar-refractivity contribution in [2.45, 2.75) is 32.9 Å². The average molecular weight is 230 g/mol. The SMILES string of the molecule is CCc1ccc(C(F)(F)F)c(CC(C)=O)c1. The predicted octanol–water partition coefficient (Wildman–Crippen LogP) is 3.40. The third kappa shape index (κ3) is 3.08. The first kappa shape index (κ1) is 12.7. The normalized spacial score (nSPS) is 11.6. The third-order valence-corrected chi connectivity index (χ3v) is 2.32. The molecule has 0 aliphatic heterocycles. The summed E-state index contributed by atoms with van der Waals surface area (Å²) < 4.78 is 37.9. The van der Waals surface area contributed by atoms with E-state index in [9.17, 15) is 18.0 Å². The average Bonchev–Trinajstić information content (AvgIpc) is 2.14. The molecule has 1 nitrogen and oxygen atoms in total. The molecule has 88 valence electrons. The van der Waals surface area contributed by atoms with Crippen molar-refractivity contribution < 1.29 is 18.0 Å². The molecule has 0 saturated carbocycles. The molecule has 16 heavy (non-hydrogen) atoms. The van der Waals surface area contributed by atoms with Crippen molar-refractivity contribution in [3.05, 3.63) is 34.9 Å². The standard InChI is InChI=1S/C12H13F3O/c1-3-9-4-5-11(12(13,14)15)10(7-9)6-8(2)16/h4-5,7H,3,6H2,1-2H3. The van der Waals surface area contributed by atoms with Gasteiger partial charge in [-0.3, -0.25) is 4.79 Å². The first-order valence-electron chi connectivity index (χ1n) is 5.03. The Morgan fingerprint density at radius 2 is 1.94 bits per heavy atom. The number of carbonyl (C=O) groups excluding carboxylic acids is 1. The number of halogens is 3. The van der Waals surface area contributed by atoms with E-state index in [4.69, 9.17) is 0 Å². The van der Waals surface area contributed by atoms with E-state index in [2.05, 4.69) is 0 Å². The number of benzene rings is 1. The molecular weight excluding hydrogens is 217 g/mol. The maximum atomic E-state index is 12.6. The molecule has 4 heteroatoms. The van der Waals surface area contributed by atoms with Crippen molar-refractivity contribution >= 4 is 5.78 Å². The van der Waals surface area contributed by atoms with Gasteiger partial charge in [-0.05, 0) is 30.5 Å². The topological polar surface area (TPSA) is 17.1 Å². The summed E-state index contributed by atoms with van der Waals surface area (Å²) in [5.74, 6) is -0.265. The van der Waals surface area contributed by atoms with Gasteiger partial charge in [-0.15, -0.1) is 0 Å². The summed E-state index contributed by atoms with van der Waals surface area (Å²) in [6.45, 7) is 3.15. The third-order valence-electron chi connectivity index (χ3n) is 2.32. The Hall–Kier alpha value is -1.32. The summed E-state index contributed by atoms with van der Waals surface area (Å²) in [5, 5.41) is 0. The minimum absolute atomic E-state index is 0.0688. The lowest BCUT2D eigenvalue weighted by atomic mass is 9.98. The zero-order chi connectivity index (χ0) is 12.3. The molecule has 0 amide bonds. The first-order valence-corrected chi connectivity index (χ1v) is 5.03. The lowest BCUT2D eigenvalue weighted by Crippen LogP contribution is -2.11. The number of carbonyl (C=O) groups is 1. The summed E-state index contributed by atoms with van der Waals surface area (Å²) >= 11 is 0. The fraction of sp³-hybridized carbons (Fsp3) is 0.417. The van der Waals surface area contributed by atoms with Gasteiger partial charge in [0.05, 0.1) is 5.56 Å². The molecule has 1 aromatic rings. The highest BCUT2D eigenvalue weighted by Crippen LogP contribution is 2.32. The molecule has 0 atom stereocenters. The van der Waals surface area contributed by atoms with Crippen LogP contribution < -0.4 is 0 Å². The summed E-state index contributed by atoms with van der Waals surface area (Å²) in [6, 6.07) is 3.97. The van der Waals surface area contributed by atoms with Gasteiger partial charge in [-0.1, -0.05) is 19.1 Å². The summed E-state index contributed by atoms with van der Waals surface area (Å²) in [7, 11) is 0. The highest BCUT2D eigenvalue weighted by molar-refractivity contribution is 5.78. The molecule has 0 spiro atoms. The number of hydrogen-bond donors (Lipinski definition) is 0. The van der Waals surface area contributed by atoms with Crippen molar-refractivity contribution in [3.63, 3.8) is 0 Å². The molecule has 0 aliphatic rings. The minimum Gasteiger partial charge on any atom is -0.300 e. The highest BCUT2D eigenvalue weighted by Gasteiger charge is 2.33. The molecule has 0 aliphatic carbocycles. The van der Waals surface area contributed by atoms with Crippen LogP contribution in [0.2, 0.25) is 0 Å². The molecule has 0 fully saturated rings. The van der Waals surface area contributed by atoms with Crippen LogP contribution in [-0.2, 0) is 23.8 Å². The van der Waals surface area contributed by atoms with E-state index in [1.807, 2.05) is 6.92 Å². The van der Waals surface area contributed by atoms with Gasteiger partial charge in [-0.2, -0.15) is 13.2 Å². The van der Waals surface area contributed by atoms with Crippen molar-refractivity contribution in [1.82, 2.24) is 0 Å². The quantitative estimate of drug-likeness (QED) is 0.777. The van der Waals surface area contributed by atoms with Crippen LogP contribution in [0.4, 0.5) is 13.2 Å². The van der Waals surface area contributed by atoms with Crippen LogP contribution in [-0.4, -0.2) is 5.78 Å². The van der Waals surface area contributed by atoms with E-state index >= 15 is 0 Å². The maximum absolute atomic E-state index is 12.6. The van der Waals surface area contributed by atoms with E-state index in [0.29, 0.717) is 6.42 Å². The van der Waals surface area contributed by atoms with Crippen LogP contribution in [0.15, 0.2) is 18.2 Å². The van der Waals surface area contributed by atoms with Crippen LogP contribution in [0.5, 0.6) is 0 Å². The fourth-order valence-corrected chi connectivity index (χ4v) is 1.56. The maximum Gasteiger partial charge on any atom is 0.416 e. The van der Waals surface area contributed by atoms with Crippen LogP contribution in [0.3, 0.4) is 0 Å². The number of alkyl halides is 3. The molecule has 1 rings (SSSR count). The van der Waals surface area contributed by atoms with Gasteiger partial charge in [0.25, 0.3) is 0 Å². The van der Waals surface area contributed by atoms with Crippen molar-refractivity contribution in [2.24, 2.45) is 0 Å². The smallest absolute Gasteiger partial charge is 0.300 e. The Balaban J connectivity index is 3.21. The summed E-state index contributed by atoms with van der Waals surface area (Å²) in [4.78, 5) is 10.9. The largest absolute Gasteiger partial charge is 0.416 e. The van der Waals surface area contributed by atoms with Gasteiger partial charge in [0.2, 0.25) is 0 Å². The molecule has 0 bridgehead atoms. The molecule has 0 radical (unpaired) electrons. The monoisotopic (exact) mass is 230 g/mol. The Morgan fingerprint density at radius 1 is 1.31 bits per heavy atom. The number of ketones is 1. The predicted molar refractivity (Wildman–Crippen MR) is 55.2 cm³/mol. The first-order chi connectivity index (χ1) is 7.34. The Kier molecular flexibility index (Phi) is 3.73. The molecule has 0 aromatic heterocycles. The van der Waals surface area contributed by atoms with E-state index in [-0.39, 0.29) is 17.8 Å². The number of aryl methyl sites for hydroxylation is 1. The van der Waals surface area contributed by atoms with Crippen LogP contribution in [0.25, 0.3) is 0 Å². The second-order valence-electron chi connectivity index (χ2n) is 3.72. The number of Topliss-reactive ketones (excluding diaryl/α,β-unsaturated/α-hetero) is 1. The van der Waals surface area contributed by atoms with Crippen molar-refractivity contribution in [1.29, 1.82) is 0 Å². The molecular formula is C12H13F3O. The molecule has 1 aromatic carbocycles. The van der Waals surface area contributed by atoms with Crippen LogP contribution in [0, 0.1) is 0 Å². The van der Waals surface area contributed by atoms with Gasteiger partial charge in [-0.25, -0.2) is 0 Å². The second kappa shape index (κ2) is 4.68. The highest BCUT2D eigenvalue weighted by atomic mass is 19.4. The zero-order valence-corrected chi connectivity index (χ0v) is 9.19. The number of hydrogen-bond acceptors (Lipinski definition) is 1. The molecule has 0 heterocycles. The lowest BCUT2D eigenvalue weighted by molar-refractivity contribution is -0.138. The molecule has 0 unspecified atom stereocenters. The minimum atomic E-state index is -4.39. The number of rotatable bonds is 3. The summed E-state index contributed by atoms with van der Waals surface area (Å²) in [6.07, 6.45) is -3.90. The van der Waals surface area contributed by atoms with E-state index in [1.54, 1.807) is 0 Å². The van der Waals surface area contributed by atoms with E-state index in [1.165, 1.54) is 19.1 Å². The Labute approximate surface area is 92.3 Å². The van der Waals surface area contributed by atoms with E-state index < -0.39 is 11.7 Å². The van der Waals surface area contributed by atoms with Crippen molar-refractivity contribution in [2.75, 3.05) is 0 Å². The van der Waals surface area contributed by atoms with Gasteiger partial charge in [0.15, 0.2) is 0 Å². The van der Waals surface area contributed by atoms with Crippen molar-refractivity contribution in [3.8, 4) is 0 Å². The summed E-state index contributed by atoms with van der Waals surface area (Å²) in [5.41, 5.74) is 0.170. The zero-order valence-electron chi connectivity index (χ0n) is 9.19. The van der Waals surface area contributed by atoms with Gasteiger partial charge >= 0.3 is 6.18 Å². The van der Waals surface area contributed by atoms with Crippen LogP contribution >= 0.6 is 0 Å². The van der Waals surface area contributed by atoms with Gasteiger partial charge in [0.1, 0.15) is 5.78 Å². The van der Waals surface area contributed by atoms with E-state index in [0.717, 1.165) is 11.6 Å². The lowest BCUT2D eigenvalue weighted by Gasteiger charge is -2.13. The van der Waals surface area contributed by atoms with Crippen LogP contribution in [0.1, 0.15) is 30.5 Å².